The monoisotopic (exact) mass is 490 g/mol. The lowest BCUT2D eigenvalue weighted by Crippen LogP contribution is -2.50. The summed E-state index contributed by atoms with van der Waals surface area (Å²) in [6.07, 6.45) is -4.42. The van der Waals surface area contributed by atoms with Crippen LogP contribution in [0.15, 0.2) is 24.3 Å². The fourth-order valence-electron chi connectivity index (χ4n) is 3.10. The average molecular weight is 490 g/mol. The molecule has 4 N–H and O–H groups in total. The largest absolute Gasteiger partial charge is 0.522 e. The number of halogens is 4. The lowest BCUT2D eigenvalue weighted by molar-refractivity contribution is -0.321. The van der Waals surface area contributed by atoms with E-state index in [2.05, 4.69) is 15.4 Å². The molecule has 0 saturated carbocycles. The van der Waals surface area contributed by atoms with E-state index in [0.717, 1.165) is 6.07 Å². The number of piperidine rings is 1. The van der Waals surface area contributed by atoms with E-state index in [1.165, 1.54) is 18.2 Å². The number of carbonyl (C=O) groups is 5. The molecule has 10 nitrogen and oxygen atoms in total. The maximum Gasteiger partial charge on any atom is 0.522 e. The molecule has 1 saturated heterocycles. The minimum Gasteiger partial charge on any atom is -0.356 e. The highest BCUT2D eigenvalue weighted by Crippen LogP contribution is 2.20. The Labute approximate surface area is 190 Å². The molecule has 14 heteroatoms. The van der Waals surface area contributed by atoms with Crippen LogP contribution in [0.25, 0.3) is 0 Å². The first-order valence-corrected chi connectivity index (χ1v) is 10.1. The third-order valence-corrected chi connectivity index (χ3v) is 4.76. The molecule has 1 aromatic rings. The Hall–Kier alpha value is -3.55. The molecule has 1 aromatic carbocycles. The molecule has 1 aliphatic rings. The molecule has 1 fully saturated rings. The van der Waals surface area contributed by atoms with Crippen molar-refractivity contribution in [3.63, 3.8) is 0 Å². The Bertz CT molecular complexity index is 940. The van der Waals surface area contributed by atoms with E-state index in [9.17, 15) is 41.5 Å². The number of alkyl halides is 3. The van der Waals surface area contributed by atoms with Crippen LogP contribution in [0.3, 0.4) is 0 Å². The van der Waals surface area contributed by atoms with Gasteiger partial charge in [0.05, 0.1) is 18.3 Å². The number of para-hydroxylation sites is 1. The second-order valence-corrected chi connectivity index (χ2v) is 7.30. The lowest BCUT2D eigenvalue weighted by Gasteiger charge is -2.26. The summed E-state index contributed by atoms with van der Waals surface area (Å²) in [4.78, 5) is 60.1. The SMILES string of the molecule is O=C(CNC(=O)C(=O)Nc1ccccc1F)NC(CC1CCCNC1=O)C(=O)COC(F)(F)F. The van der Waals surface area contributed by atoms with Crippen molar-refractivity contribution in [1.82, 2.24) is 16.0 Å². The summed E-state index contributed by atoms with van der Waals surface area (Å²) < 4.78 is 53.9. The van der Waals surface area contributed by atoms with E-state index in [4.69, 9.17) is 0 Å². The predicted molar refractivity (Wildman–Crippen MR) is 107 cm³/mol. The van der Waals surface area contributed by atoms with Crippen LogP contribution in [0, 0.1) is 11.7 Å². The first-order chi connectivity index (χ1) is 16.0. The third kappa shape index (κ3) is 8.77. The third-order valence-electron chi connectivity index (χ3n) is 4.76. The van der Waals surface area contributed by atoms with Gasteiger partial charge in [0, 0.05) is 12.5 Å². The number of ether oxygens (including phenoxy) is 1. The number of amides is 4. The molecule has 0 radical (unpaired) electrons. The normalized spacial score (nSPS) is 16.7. The number of benzene rings is 1. The van der Waals surface area contributed by atoms with Crippen LogP contribution < -0.4 is 21.3 Å². The van der Waals surface area contributed by atoms with Crippen molar-refractivity contribution in [2.75, 3.05) is 25.0 Å². The highest BCUT2D eigenvalue weighted by Gasteiger charge is 2.34. The molecule has 2 atom stereocenters. The zero-order chi connectivity index (χ0) is 25.3. The van der Waals surface area contributed by atoms with Gasteiger partial charge in [0.25, 0.3) is 0 Å². The van der Waals surface area contributed by atoms with E-state index in [0.29, 0.717) is 19.4 Å². The lowest BCUT2D eigenvalue weighted by atomic mass is 9.90. The summed E-state index contributed by atoms with van der Waals surface area (Å²) in [5.41, 5.74) is -0.270. The van der Waals surface area contributed by atoms with Crippen LogP contribution in [-0.2, 0) is 28.7 Å². The smallest absolute Gasteiger partial charge is 0.356 e. The standard InChI is InChI=1S/C20H22F4N4O6/c21-12-5-1-2-6-13(12)28-19(33)18(32)26-9-16(30)27-14(15(29)10-34-20(22,23)24)8-11-4-3-7-25-17(11)31/h1-2,5-6,11,14H,3-4,7-10H2,(H,25,31)(H,26,32)(H,27,30)(H,28,33). The Morgan fingerprint density at radius 2 is 1.85 bits per heavy atom. The first kappa shape index (κ1) is 26.7. The quantitative estimate of drug-likeness (QED) is 0.291. The number of hydrogen-bond donors (Lipinski definition) is 4. The van der Waals surface area contributed by atoms with Gasteiger partial charge in [0.15, 0.2) is 5.78 Å². The van der Waals surface area contributed by atoms with E-state index < -0.39 is 66.7 Å². The topological polar surface area (TPSA) is 143 Å². The molecular formula is C20H22F4N4O6. The van der Waals surface area contributed by atoms with Crippen LogP contribution in [0.4, 0.5) is 23.2 Å². The van der Waals surface area contributed by atoms with Crippen molar-refractivity contribution in [1.29, 1.82) is 0 Å². The maximum atomic E-state index is 13.6. The van der Waals surface area contributed by atoms with Crippen LogP contribution in [0.2, 0.25) is 0 Å². The zero-order valence-electron chi connectivity index (χ0n) is 17.7. The van der Waals surface area contributed by atoms with Gasteiger partial charge in [-0.05, 0) is 31.4 Å². The Morgan fingerprint density at radius 3 is 2.50 bits per heavy atom. The minimum absolute atomic E-state index is 0.270. The van der Waals surface area contributed by atoms with Gasteiger partial charge in [0.2, 0.25) is 11.8 Å². The number of carbonyl (C=O) groups excluding carboxylic acids is 5. The van der Waals surface area contributed by atoms with Crippen LogP contribution in [0.5, 0.6) is 0 Å². The Balaban J connectivity index is 1.93. The number of anilines is 1. The van der Waals surface area contributed by atoms with E-state index >= 15 is 0 Å². The first-order valence-electron chi connectivity index (χ1n) is 10.1. The van der Waals surface area contributed by atoms with Crippen LogP contribution in [-0.4, -0.2) is 61.5 Å². The van der Waals surface area contributed by atoms with Gasteiger partial charge in [-0.15, -0.1) is 13.2 Å². The minimum atomic E-state index is -5.08. The molecular weight excluding hydrogens is 468 g/mol. The molecule has 0 bridgehead atoms. The van der Waals surface area contributed by atoms with E-state index in [-0.39, 0.29) is 12.1 Å². The number of nitrogens with one attached hydrogen (secondary N) is 4. The fourth-order valence-corrected chi connectivity index (χ4v) is 3.10. The van der Waals surface area contributed by atoms with Gasteiger partial charge in [-0.1, -0.05) is 12.1 Å². The van der Waals surface area contributed by atoms with Gasteiger partial charge < -0.3 is 21.3 Å². The van der Waals surface area contributed by atoms with E-state index in [1.807, 2.05) is 10.6 Å². The molecule has 186 valence electrons. The van der Waals surface area contributed by atoms with Crippen LogP contribution in [0.1, 0.15) is 19.3 Å². The summed E-state index contributed by atoms with van der Waals surface area (Å²) in [6.45, 7) is -1.79. The average Bonchev–Trinajstić information content (AvgIpc) is 2.77. The zero-order valence-corrected chi connectivity index (χ0v) is 17.7. The number of hydrogen-bond acceptors (Lipinski definition) is 6. The highest BCUT2D eigenvalue weighted by molar-refractivity contribution is 6.39. The summed E-state index contributed by atoms with van der Waals surface area (Å²) in [5, 5.41) is 8.66. The van der Waals surface area contributed by atoms with Gasteiger partial charge >= 0.3 is 18.2 Å². The van der Waals surface area contributed by atoms with Crippen LogP contribution >= 0.6 is 0 Å². The predicted octanol–water partition coefficient (Wildman–Crippen LogP) is 0.387. The summed E-state index contributed by atoms with van der Waals surface area (Å²) in [7, 11) is 0. The molecule has 0 aromatic heterocycles. The van der Waals surface area contributed by atoms with Gasteiger partial charge in [-0.3, -0.25) is 28.7 Å². The van der Waals surface area contributed by atoms with Crippen molar-refractivity contribution in [2.45, 2.75) is 31.7 Å². The maximum absolute atomic E-state index is 13.6. The van der Waals surface area contributed by atoms with Gasteiger partial charge in [-0.25, -0.2) is 4.39 Å². The molecule has 2 rings (SSSR count). The van der Waals surface area contributed by atoms with Crippen molar-refractivity contribution >= 4 is 35.1 Å². The van der Waals surface area contributed by atoms with E-state index in [1.54, 1.807) is 0 Å². The summed E-state index contributed by atoms with van der Waals surface area (Å²) in [6, 6.07) is 3.52. The molecule has 1 heterocycles. The number of rotatable bonds is 9. The Kier molecular flexibility index (Phi) is 9.47. The Morgan fingerprint density at radius 1 is 1.15 bits per heavy atom. The highest BCUT2D eigenvalue weighted by atomic mass is 19.4. The summed E-state index contributed by atoms with van der Waals surface area (Å²) in [5.74, 6) is -6.64. The molecule has 34 heavy (non-hydrogen) atoms. The molecule has 0 aliphatic carbocycles. The molecule has 0 spiro atoms. The number of Topliss-reactive ketones (excluding diaryl/α,β-unsaturated/α-hetero) is 1. The second kappa shape index (κ2) is 12.1. The molecule has 1 aliphatic heterocycles. The van der Waals surface area contributed by atoms with Crippen molar-refractivity contribution in [3.8, 4) is 0 Å². The summed E-state index contributed by atoms with van der Waals surface area (Å²) >= 11 is 0. The number of ketones is 1. The van der Waals surface area contributed by atoms with Gasteiger partial charge in [0.1, 0.15) is 12.4 Å². The van der Waals surface area contributed by atoms with Gasteiger partial charge in [-0.2, -0.15) is 0 Å². The van der Waals surface area contributed by atoms with Crippen molar-refractivity contribution < 1.29 is 46.3 Å². The second-order valence-electron chi connectivity index (χ2n) is 7.30. The van der Waals surface area contributed by atoms with Crippen molar-refractivity contribution in [3.05, 3.63) is 30.1 Å². The molecule has 4 amide bonds. The molecule has 2 unspecified atom stereocenters. The van der Waals surface area contributed by atoms with Crippen molar-refractivity contribution in [2.24, 2.45) is 5.92 Å². The fraction of sp³-hybridized carbons (Fsp3) is 0.450.